The molecule has 0 amide bonds. The number of aryl methyl sites for hydroxylation is 8. The summed E-state index contributed by atoms with van der Waals surface area (Å²) in [6.45, 7) is 56.2. The van der Waals surface area contributed by atoms with Crippen LogP contribution in [0.3, 0.4) is 0 Å². The number of ether oxygens (including phenoxy) is 1. The fourth-order valence-corrected chi connectivity index (χ4v) is 20.0. The summed E-state index contributed by atoms with van der Waals surface area (Å²) < 4.78 is 39.7. The highest BCUT2D eigenvalue weighted by Gasteiger charge is 2.23. The molecule has 0 fully saturated rings. The van der Waals surface area contributed by atoms with Crippen LogP contribution in [0.4, 0.5) is 17.1 Å². The van der Waals surface area contributed by atoms with Crippen molar-refractivity contribution in [1.82, 2.24) is 15.6 Å². The summed E-state index contributed by atoms with van der Waals surface area (Å²) in [5.74, 6) is 3.42. The molecular formula is C131H188N6O4S3. The van der Waals surface area contributed by atoms with E-state index < -0.39 is 20.6 Å². The number of benzene rings is 13. The average Bonchev–Trinajstić information content (AvgIpc) is 0.963. The highest BCUT2D eigenvalue weighted by atomic mass is 32.2. The van der Waals surface area contributed by atoms with Crippen LogP contribution in [0, 0.1) is 0 Å². The van der Waals surface area contributed by atoms with Gasteiger partial charge < -0.3 is 31.3 Å². The lowest BCUT2D eigenvalue weighted by Crippen LogP contribution is -2.23. The van der Waals surface area contributed by atoms with Crippen LogP contribution < -0.4 is 31.3 Å². The Morgan fingerprint density at radius 3 is 1.12 bits per heavy atom. The molecule has 9 heterocycles. The maximum Gasteiger partial charge on any atom is 0.178 e. The minimum absolute atomic E-state index is 0.310. The molecule has 0 spiro atoms. The largest absolute Gasteiger partial charge is 0.490 e. The summed E-state index contributed by atoms with van der Waals surface area (Å²) in [6, 6.07) is 112. The van der Waals surface area contributed by atoms with Crippen molar-refractivity contribution in [2.75, 3.05) is 66.0 Å². The van der Waals surface area contributed by atoms with Crippen LogP contribution in [0.5, 0.6) is 5.75 Å². The van der Waals surface area contributed by atoms with E-state index in [1.54, 1.807) is 39.9 Å². The van der Waals surface area contributed by atoms with E-state index in [9.17, 15) is 12.6 Å². The van der Waals surface area contributed by atoms with Crippen LogP contribution >= 0.6 is 11.8 Å². The lowest BCUT2D eigenvalue weighted by Gasteiger charge is -2.17. The third-order valence-corrected chi connectivity index (χ3v) is 27.1. The van der Waals surface area contributed by atoms with E-state index in [-0.39, 0.29) is 0 Å². The molecule has 10 nitrogen and oxygen atoms in total. The number of aromatic nitrogens is 1. The molecule has 0 bridgehead atoms. The molecular weight excluding hydrogens is 1820 g/mol. The fourth-order valence-electron chi connectivity index (χ4n) is 16.0. The first-order chi connectivity index (χ1) is 71.2. The normalized spacial score (nSPS) is 13.7. The molecule has 1 unspecified atom stereocenters. The molecule has 1 aromatic heterocycles. The molecule has 10 aliphatic rings. The van der Waals surface area contributed by atoms with Crippen LogP contribution in [0.25, 0.3) is 21.7 Å². The fraction of sp³-hybridized carbons (Fsp3) is 0.397. The van der Waals surface area contributed by atoms with E-state index in [2.05, 4.69) is 268 Å². The summed E-state index contributed by atoms with van der Waals surface area (Å²) in [4.78, 5) is 7.27. The van der Waals surface area contributed by atoms with Gasteiger partial charge in [0.05, 0.1) is 32.7 Å². The highest BCUT2D eigenvalue weighted by Crippen LogP contribution is 2.31. The molecule has 14 aromatic rings. The number of nitrogens with zero attached hydrogens (tertiary/aromatic N) is 1. The maximum atomic E-state index is 11.5. The van der Waals surface area contributed by atoms with Gasteiger partial charge in [0, 0.05) is 77.8 Å². The molecule has 0 radical (unpaired) electrons. The Morgan fingerprint density at radius 2 is 0.632 bits per heavy atom. The first-order valence-corrected chi connectivity index (χ1v) is 59.2. The molecule has 0 saturated heterocycles. The van der Waals surface area contributed by atoms with E-state index in [4.69, 9.17) is 4.74 Å². The van der Waals surface area contributed by atoms with Gasteiger partial charge in [-0.2, -0.15) is 0 Å². The van der Waals surface area contributed by atoms with Crippen LogP contribution in [-0.4, -0.2) is 67.7 Å². The SMILES string of the molecule is CC.CC.CC.CC.CC.CC.CC.CC.CC.CC.CC.CC.O=S1(=O)CCCc2ccccc21.O=S1CCCc2ccccc21.c1ccc2c(c1)CCC2.c1ccc2c(c1)CCCC2.c1ccc2c(c1)CCCN2.c1ccc2c(c1)CCCS2.c1ccc2c(c1)CCN2.c1ccc2c(c1)CCNC2.c1ccc2c(c1)CNC2.c1ccc2c(c1)NCCO2.c1ccc2ccccc2c1.c1ccc2ncccc2c1. The zero-order chi connectivity index (χ0) is 106. The molecule has 1 atom stereocenters. The number of anilines is 3. The van der Waals surface area contributed by atoms with Gasteiger partial charge in [0.1, 0.15) is 12.4 Å². The van der Waals surface area contributed by atoms with E-state index in [1.807, 2.05) is 263 Å². The number of hydrogen-bond acceptors (Lipinski definition) is 11. The second kappa shape index (κ2) is 87.5. The number of rotatable bonds is 0. The Bertz CT molecular complexity index is 4830. The molecule has 8 aliphatic heterocycles. The third-order valence-electron chi connectivity index (χ3n) is 22.4. The van der Waals surface area contributed by atoms with Gasteiger partial charge in [-0.15, -0.1) is 11.8 Å². The number of fused-ring (bicyclic) bond motifs is 12. The number of pyridine rings is 1. The molecule has 24 rings (SSSR count). The number of sulfone groups is 1. The van der Waals surface area contributed by atoms with Gasteiger partial charge in [-0.3, -0.25) is 9.19 Å². The van der Waals surface area contributed by atoms with Crippen molar-refractivity contribution in [3.63, 3.8) is 0 Å². The molecule has 144 heavy (non-hydrogen) atoms. The van der Waals surface area contributed by atoms with E-state index in [1.165, 1.54) is 161 Å². The predicted octanol–water partition coefficient (Wildman–Crippen LogP) is 35.8. The second-order valence-corrected chi connectivity index (χ2v) is 35.6. The van der Waals surface area contributed by atoms with Crippen LogP contribution in [-0.2, 0) is 104 Å². The van der Waals surface area contributed by atoms with Gasteiger partial charge in [0.25, 0.3) is 0 Å². The van der Waals surface area contributed by atoms with Crippen LogP contribution in [0.1, 0.15) is 283 Å². The van der Waals surface area contributed by atoms with Gasteiger partial charge in [0.2, 0.25) is 0 Å². The number of thioether (sulfide) groups is 1. The Hall–Kier alpha value is -10.9. The van der Waals surface area contributed by atoms with Gasteiger partial charge in [-0.25, -0.2) is 8.42 Å². The molecule has 2 aliphatic carbocycles. The molecule has 13 heteroatoms. The monoisotopic (exact) mass is 2010 g/mol. The predicted molar refractivity (Wildman–Crippen MR) is 643 cm³/mol. The Balaban J connectivity index is 0.000000770. The standard InChI is InChI=1S/C10H12.C10H8.C9H11N.C9H7N.C9H11N.C9H10O2S.C9H10OS.C9H10S.C9H10.C8H9NO.2C8H9N.12C2H6/c2*1-2-6-10-8-4-3-7-9(10)5-1;2*1-2-6-9-8(4-1)5-3-7-10-9;1-2-4-9-7-10-6-5-8(9)3-1;10-12(11)7-3-5-8-4-1-2-6-9(8)12;10-11-7-3-5-8-4-1-2-6-9(8)11;1-2-6-9-8(4-1)5-3-7-10-9;1-2-5-9-7-3-6-8(9)4-1;1-2-4-8-7(3-1)9-5-6-10-8;1-2-4-8-6-9-5-7(8)3-1;1-2-4-8-7(3-1)5-6-9-8;12*1-2/h1-2,5-6H,3-4,7-8H2;1-8H;1-2,4,6,10H,3,5,7H2;1-7H;1-4,10H,5-7H2;1-2,4,6H,3,5,7H2;1-2,4,6H,3,5,7H2;1-2,4,6H,3,5,7H2;1-2,4-5H,3,6-7H2;1-4,9H,5-6H2;2*1-4,9H,5-6H2;12*1-2H3. The second-order valence-electron chi connectivity index (χ2n) is 30.9. The van der Waals surface area contributed by atoms with E-state index >= 15 is 0 Å². The van der Waals surface area contributed by atoms with Crippen molar-refractivity contribution in [2.24, 2.45) is 0 Å². The first-order valence-electron chi connectivity index (χ1n) is 55.2. The average molecular weight is 2010 g/mol. The zero-order valence-electron chi connectivity index (χ0n) is 93.4. The van der Waals surface area contributed by atoms with Crippen LogP contribution in [0.2, 0.25) is 0 Å². The van der Waals surface area contributed by atoms with Crippen molar-refractivity contribution in [3.8, 4) is 5.75 Å². The van der Waals surface area contributed by atoms with Crippen molar-refractivity contribution in [1.29, 1.82) is 0 Å². The van der Waals surface area contributed by atoms with Gasteiger partial charge in [-0.05, 0) is 259 Å². The van der Waals surface area contributed by atoms with Crippen molar-refractivity contribution < 1.29 is 17.4 Å². The summed E-state index contributed by atoms with van der Waals surface area (Å²) in [7, 11) is -3.66. The van der Waals surface area contributed by atoms with E-state index in [0.29, 0.717) is 10.6 Å². The summed E-state index contributed by atoms with van der Waals surface area (Å²) in [5, 5.41) is 20.3. The quantitative estimate of drug-likeness (QED) is 0.0994. The number of hydrogen-bond donors (Lipinski definition) is 5. The summed E-state index contributed by atoms with van der Waals surface area (Å²) >= 11 is 1.99. The van der Waals surface area contributed by atoms with Crippen molar-refractivity contribution in [3.05, 3.63) is 406 Å². The molecule has 5 N–H and O–H groups in total. The van der Waals surface area contributed by atoms with Gasteiger partial charge in [0.15, 0.2) is 9.84 Å². The number of nitrogens with one attached hydrogen (secondary N) is 5. The van der Waals surface area contributed by atoms with Crippen LogP contribution in [0.15, 0.2) is 348 Å². The van der Waals surface area contributed by atoms with Gasteiger partial charge >= 0.3 is 0 Å². The molecule has 0 saturated carbocycles. The Labute approximate surface area is 885 Å². The first kappa shape index (κ1) is 131. The number of para-hydroxylation sites is 5. The minimum atomic E-state index is -2.94. The Morgan fingerprint density at radius 1 is 0.278 bits per heavy atom. The van der Waals surface area contributed by atoms with Gasteiger partial charge in [-0.1, -0.05) is 439 Å². The lowest BCUT2D eigenvalue weighted by atomic mass is 9.92. The zero-order valence-corrected chi connectivity index (χ0v) is 95.8. The third kappa shape index (κ3) is 49.8. The summed E-state index contributed by atoms with van der Waals surface area (Å²) in [6.07, 6.45) is 22.5. The van der Waals surface area contributed by atoms with Crippen molar-refractivity contribution >= 4 is 71.1 Å². The van der Waals surface area contributed by atoms with E-state index in [0.717, 1.165) is 111 Å². The van der Waals surface area contributed by atoms with Crippen molar-refractivity contribution in [2.45, 2.75) is 310 Å². The molecule has 13 aromatic carbocycles. The summed E-state index contributed by atoms with van der Waals surface area (Å²) in [5.41, 5.74) is 23.7. The Kier molecular flexibility index (Phi) is 79.6. The smallest absolute Gasteiger partial charge is 0.178 e. The lowest BCUT2D eigenvalue weighted by molar-refractivity contribution is 0.323. The highest BCUT2D eigenvalue weighted by molar-refractivity contribution is 7.99. The maximum absolute atomic E-state index is 11.5. The minimum Gasteiger partial charge on any atom is -0.490 e. The topological polar surface area (TPSA) is 133 Å². The molecule has 784 valence electrons.